The molecule has 16 nitrogen and oxygen atoms in total. The fourth-order valence-corrected chi connectivity index (χ4v) is 10.8. The van der Waals surface area contributed by atoms with Gasteiger partial charge in [0.05, 0.1) is 50.8 Å². The van der Waals surface area contributed by atoms with Crippen molar-refractivity contribution in [2.45, 2.75) is 180 Å². The maximum atomic E-state index is 14.5. The normalized spacial score (nSPS) is 36.5. The summed E-state index contributed by atoms with van der Waals surface area (Å²) in [7, 11) is 6.32. The largest absolute Gasteiger partial charge is 0.460 e. The Hall–Kier alpha value is -3.45. The van der Waals surface area contributed by atoms with Crippen LogP contribution in [0.5, 0.6) is 0 Å². The molecule has 0 aromatic heterocycles. The van der Waals surface area contributed by atoms with Crippen molar-refractivity contribution in [3.63, 3.8) is 0 Å². The Bertz CT molecular complexity index is 1880. The van der Waals surface area contributed by atoms with E-state index in [4.69, 9.17) is 37.9 Å². The summed E-state index contributed by atoms with van der Waals surface area (Å²) in [5.74, 6) is -7.94. The Morgan fingerprint density at radius 3 is 2.22 bits per heavy atom. The van der Waals surface area contributed by atoms with Gasteiger partial charge in [-0.15, -0.1) is 0 Å². The summed E-state index contributed by atoms with van der Waals surface area (Å²) in [6.45, 7) is 14.2. The predicted octanol–water partition coefficient (Wildman–Crippen LogP) is 6.87. The van der Waals surface area contributed by atoms with Crippen LogP contribution in [0.25, 0.3) is 0 Å². The lowest BCUT2D eigenvalue weighted by Crippen LogP contribution is -2.61. The van der Waals surface area contributed by atoms with Gasteiger partial charge < -0.3 is 53.0 Å². The van der Waals surface area contributed by atoms with Crippen LogP contribution in [0, 0.1) is 35.5 Å². The molecule has 0 aromatic rings. The molecule has 3 fully saturated rings. The van der Waals surface area contributed by atoms with E-state index >= 15 is 0 Å². The molecule has 1 saturated carbocycles. The monoisotopic (exact) mass is 1020 g/mol. The molecule has 1 amide bonds. The molecule has 0 radical (unpaired) electrons. The van der Waals surface area contributed by atoms with E-state index in [1.807, 2.05) is 58.1 Å². The number of amides is 1. The average molecular weight is 1020 g/mol. The lowest BCUT2D eigenvalue weighted by molar-refractivity contribution is -0.266. The highest BCUT2D eigenvalue weighted by molar-refractivity contribution is 6.39. The van der Waals surface area contributed by atoms with Crippen molar-refractivity contribution in [2.75, 3.05) is 61.4 Å². The van der Waals surface area contributed by atoms with Crippen LogP contribution in [0.1, 0.15) is 126 Å². The molecule has 15 atom stereocenters. The molecule has 408 valence electrons. The van der Waals surface area contributed by atoms with Crippen molar-refractivity contribution in [1.29, 1.82) is 0 Å². The summed E-state index contributed by atoms with van der Waals surface area (Å²) in [5, 5.41) is 23.7. The van der Waals surface area contributed by atoms with Crippen molar-refractivity contribution in [1.82, 2.24) is 4.90 Å². The standard InChI is InChI=1S/C56H89NO15/c1-35-17-13-12-14-18-36(2)47(70-28-27-69-26-25-65-8)33-43-22-20-41(7)56(64,72-43)53(61)54(62)57-24-16-15-19-44(57)55(63)71-48(38(4)31-42-21-23-46(66-9)49(32-42)67-10)34-45(58)37(3)30-40(6)51(60)52(68-11)50(59)39(5)29-35/h12-14,17-18,30,35,37-39,41-44,46-49,51-52,60,64H,15-16,19-29,31-34H2,1-11H3/b14-12?,17-13+,36-18?,40-30+/t35-,37-,38-,39-,41-,42+,43+,44+,46-,47+,48+,49-,51-,52+,56-/m1/s1. The lowest BCUT2D eigenvalue weighted by atomic mass is 9.78. The van der Waals surface area contributed by atoms with Crippen LogP contribution in [0.4, 0.5) is 0 Å². The van der Waals surface area contributed by atoms with Crippen molar-refractivity contribution < 1.29 is 72.1 Å². The van der Waals surface area contributed by atoms with Crippen LogP contribution in [-0.4, -0.2) is 160 Å². The lowest BCUT2D eigenvalue weighted by Gasteiger charge is -2.43. The van der Waals surface area contributed by atoms with E-state index < -0.39 is 77.8 Å². The zero-order valence-electron chi connectivity index (χ0n) is 45.2. The van der Waals surface area contributed by atoms with Crippen LogP contribution in [-0.2, 0) is 61.9 Å². The Balaban J connectivity index is 1.71. The maximum absolute atomic E-state index is 14.5. The highest BCUT2D eigenvalue weighted by Gasteiger charge is 2.53. The third-order valence-electron chi connectivity index (χ3n) is 15.4. The Morgan fingerprint density at radius 1 is 0.806 bits per heavy atom. The number of esters is 1. The molecule has 2 bridgehead atoms. The van der Waals surface area contributed by atoms with Gasteiger partial charge in [0.2, 0.25) is 5.79 Å². The Labute approximate surface area is 429 Å². The number of nitrogens with zero attached hydrogens (tertiary/aromatic N) is 1. The SMILES string of the molecule is COCCOCCO[C@H]1C[C@@H]2CC[C@@H](C)[C@@](O)(O2)C(=O)C(=O)N2CCCC[C@H]2C(=O)O[C@H]([C@H](C)C[C@@H]2CC[C@@H](OC)[C@H](OC)C2)CC(=O)[C@H](C)/C=C(\C)[C@@H](O)[C@@H](OC)C(=O)[C@H](C)C[C@H](C)/C=C/C=CC=C1C. The molecule has 2 N–H and O–H groups in total. The number of fused-ring (bicyclic) bond motifs is 3. The van der Waals surface area contributed by atoms with Crippen LogP contribution in [0.15, 0.2) is 47.6 Å². The zero-order chi connectivity index (χ0) is 53.1. The topological polar surface area (TPSA) is 203 Å². The first-order valence-electron chi connectivity index (χ1n) is 26.5. The predicted molar refractivity (Wildman–Crippen MR) is 272 cm³/mol. The van der Waals surface area contributed by atoms with Gasteiger partial charge in [-0.1, -0.05) is 71.1 Å². The number of hydrogen-bond acceptors (Lipinski definition) is 15. The molecule has 1 aliphatic carbocycles. The third kappa shape index (κ3) is 17.3. The number of ketones is 3. The smallest absolute Gasteiger partial charge is 0.329 e. The maximum Gasteiger partial charge on any atom is 0.329 e. The number of aliphatic hydroxyl groups is 2. The van der Waals surface area contributed by atoms with Gasteiger partial charge in [-0.25, -0.2) is 4.79 Å². The first kappa shape index (κ1) is 61.1. The Kier molecular flexibility index (Phi) is 25.6. The van der Waals surface area contributed by atoms with Crippen molar-refractivity contribution in [3.8, 4) is 0 Å². The molecule has 2 saturated heterocycles. The van der Waals surface area contributed by atoms with Crippen molar-refractivity contribution in [2.24, 2.45) is 35.5 Å². The van der Waals surface area contributed by atoms with Crippen LogP contribution in [0.3, 0.4) is 0 Å². The molecule has 3 aliphatic heterocycles. The van der Waals surface area contributed by atoms with Gasteiger partial charge in [-0.2, -0.15) is 0 Å². The number of ether oxygens (including phenoxy) is 8. The molecule has 0 aromatic carbocycles. The fourth-order valence-electron chi connectivity index (χ4n) is 10.8. The molecule has 4 aliphatic rings. The molecule has 16 heteroatoms. The van der Waals surface area contributed by atoms with E-state index in [1.165, 1.54) is 12.0 Å². The second kappa shape index (κ2) is 30.2. The van der Waals surface area contributed by atoms with Gasteiger partial charge in [0, 0.05) is 65.6 Å². The van der Waals surface area contributed by atoms with Gasteiger partial charge >= 0.3 is 5.97 Å². The van der Waals surface area contributed by atoms with E-state index in [1.54, 1.807) is 48.2 Å². The van der Waals surface area contributed by atoms with E-state index in [0.717, 1.165) is 24.8 Å². The van der Waals surface area contributed by atoms with E-state index in [0.29, 0.717) is 63.9 Å². The minimum absolute atomic E-state index is 0.000925. The summed E-state index contributed by atoms with van der Waals surface area (Å²) in [5.41, 5.74) is 1.24. The molecule has 72 heavy (non-hydrogen) atoms. The van der Waals surface area contributed by atoms with E-state index in [9.17, 15) is 34.2 Å². The summed E-state index contributed by atoms with van der Waals surface area (Å²) in [6.07, 6.45) is 12.3. The number of carbonyl (C=O) groups is 5. The number of rotatable bonds is 13. The minimum atomic E-state index is -2.47. The highest BCUT2D eigenvalue weighted by Crippen LogP contribution is 2.38. The number of carbonyl (C=O) groups excluding carboxylic acids is 5. The zero-order valence-corrected chi connectivity index (χ0v) is 45.2. The van der Waals surface area contributed by atoms with Gasteiger partial charge in [0.1, 0.15) is 30.1 Å². The van der Waals surface area contributed by atoms with Gasteiger partial charge in [-0.3, -0.25) is 19.2 Å². The summed E-state index contributed by atoms with van der Waals surface area (Å²) < 4.78 is 46.8. The Morgan fingerprint density at radius 2 is 1.53 bits per heavy atom. The number of hydrogen-bond donors (Lipinski definition) is 2. The fraction of sp³-hybridized carbons (Fsp3) is 0.768. The summed E-state index contributed by atoms with van der Waals surface area (Å²) in [4.78, 5) is 72.6. The number of cyclic esters (lactones) is 1. The molecule has 0 spiro atoms. The number of methoxy groups -OCH3 is 4. The van der Waals surface area contributed by atoms with E-state index in [2.05, 4.69) is 0 Å². The minimum Gasteiger partial charge on any atom is -0.460 e. The third-order valence-corrected chi connectivity index (χ3v) is 15.4. The highest BCUT2D eigenvalue weighted by atomic mass is 16.6. The number of aliphatic hydroxyl groups excluding tert-OH is 1. The first-order chi connectivity index (χ1) is 34.3. The summed E-state index contributed by atoms with van der Waals surface area (Å²) in [6, 6.07) is -1.15. The van der Waals surface area contributed by atoms with Crippen LogP contribution in [0.2, 0.25) is 0 Å². The molecular formula is C56H89NO15. The second-order valence-electron chi connectivity index (χ2n) is 21.0. The van der Waals surface area contributed by atoms with Gasteiger partial charge in [-0.05, 0) is 107 Å². The van der Waals surface area contributed by atoms with Crippen molar-refractivity contribution in [3.05, 3.63) is 47.6 Å². The van der Waals surface area contributed by atoms with Crippen molar-refractivity contribution >= 4 is 29.2 Å². The van der Waals surface area contributed by atoms with Gasteiger partial charge in [0.15, 0.2) is 5.78 Å². The number of Topliss-reactive ketones (excluding diaryl/α,β-unsaturated/α-hetero) is 3. The van der Waals surface area contributed by atoms with Gasteiger partial charge in [0.25, 0.3) is 11.7 Å². The first-order valence-corrected chi connectivity index (χ1v) is 26.5. The molecule has 0 unspecified atom stereocenters. The molecular weight excluding hydrogens is 927 g/mol. The molecule has 3 heterocycles. The van der Waals surface area contributed by atoms with E-state index in [-0.39, 0.29) is 73.9 Å². The van der Waals surface area contributed by atoms with Crippen LogP contribution >= 0.6 is 0 Å². The van der Waals surface area contributed by atoms with Crippen LogP contribution < -0.4 is 0 Å². The quantitative estimate of drug-likeness (QED) is 0.0837. The molecule has 4 rings (SSSR count). The summed E-state index contributed by atoms with van der Waals surface area (Å²) >= 11 is 0. The number of piperidine rings is 1. The number of allylic oxidation sites excluding steroid dienone is 6. The second-order valence-corrected chi connectivity index (χ2v) is 21.0. The average Bonchev–Trinajstić information content (AvgIpc) is 3.36.